The Hall–Kier alpha value is -1.47. The number of aliphatic hydroxyl groups is 1. The largest absolute Gasteiger partial charge is 0.495 e. The molecular formula is C12H13ClF3NO3. The molecule has 0 unspecified atom stereocenters. The van der Waals surface area contributed by atoms with Crippen LogP contribution in [0.2, 0.25) is 5.02 Å². The third-order valence-corrected chi connectivity index (χ3v) is 2.79. The Labute approximate surface area is 118 Å². The molecule has 4 nitrogen and oxygen atoms in total. The minimum absolute atomic E-state index is 0.128. The van der Waals surface area contributed by atoms with Crippen LogP contribution in [0.25, 0.3) is 0 Å². The zero-order chi connectivity index (χ0) is 15.6. The number of carbonyl (C=O) groups is 1. The fraction of sp³-hybridized carbons (Fsp3) is 0.417. The van der Waals surface area contributed by atoms with Crippen LogP contribution < -0.4 is 10.1 Å². The minimum Gasteiger partial charge on any atom is -0.495 e. The van der Waals surface area contributed by atoms with Gasteiger partial charge in [-0.15, -0.1) is 0 Å². The first-order valence-corrected chi connectivity index (χ1v) is 5.87. The Balaban J connectivity index is 2.84. The Morgan fingerprint density at radius 1 is 1.45 bits per heavy atom. The third-order valence-electron chi connectivity index (χ3n) is 2.55. The lowest BCUT2D eigenvalue weighted by atomic mass is 10.0. The number of nitrogens with one attached hydrogen (secondary N) is 1. The van der Waals surface area contributed by atoms with Gasteiger partial charge >= 0.3 is 6.18 Å². The van der Waals surface area contributed by atoms with Gasteiger partial charge in [-0.2, -0.15) is 13.2 Å². The van der Waals surface area contributed by atoms with E-state index in [4.69, 9.17) is 16.3 Å². The maximum atomic E-state index is 12.5. The molecule has 112 valence electrons. The van der Waals surface area contributed by atoms with Crippen molar-refractivity contribution in [1.82, 2.24) is 0 Å². The van der Waals surface area contributed by atoms with Gasteiger partial charge in [0.15, 0.2) is 5.60 Å². The second kappa shape index (κ2) is 5.88. The van der Waals surface area contributed by atoms with Crippen LogP contribution in [0, 0.1) is 0 Å². The SMILES string of the molecule is COc1ccc(Cl)cc1NC(=O)C[C@@](C)(O)C(F)(F)F. The normalized spacial score (nSPS) is 14.6. The number of benzene rings is 1. The van der Waals surface area contributed by atoms with Crippen molar-refractivity contribution in [1.29, 1.82) is 0 Å². The van der Waals surface area contributed by atoms with Gasteiger partial charge in [-0.3, -0.25) is 4.79 Å². The highest BCUT2D eigenvalue weighted by Gasteiger charge is 2.51. The van der Waals surface area contributed by atoms with E-state index in [0.29, 0.717) is 6.92 Å². The van der Waals surface area contributed by atoms with E-state index in [0.717, 1.165) is 0 Å². The number of ether oxygens (including phenoxy) is 1. The molecule has 0 radical (unpaired) electrons. The number of hydrogen-bond donors (Lipinski definition) is 2. The molecule has 0 bridgehead atoms. The summed E-state index contributed by atoms with van der Waals surface area (Å²) in [7, 11) is 1.34. The molecule has 0 fully saturated rings. The summed E-state index contributed by atoms with van der Waals surface area (Å²) in [5.41, 5.74) is -2.98. The average molecular weight is 312 g/mol. The first-order valence-electron chi connectivity index (χ1n) is 5.49. The third kappa shape index (κ3) is 4.01. The summed E-state index contributed by atoms with van der Waals surface area (Å²) in [6.45, 7) is 0.530. The van der Waals surface area contributed by atoms with Crippen LogP contribution >= 0.6 is 11.6 Å². The zero-order valence-corrected chi connectivity index (χ0v) is 11.5. The van der Waals surface area contributed by atoms with E-state index in [1.54, 1.807) is 0 Å². The lowest BCUT2D eigenvalue weighted by molar-refractivity contribution is -0.252. The topological polar surface area (TPSA) is 58.6 Å². The predicted octanol–water partition coefficient (Wildman–Crippen LogP) is 2.99. The Morgan fingerprint density at radius 3 is 2.55 bits per heavy atom. The van der Waals surface area contributed by atoms with E-state index < -0.39 is 24.1 Å². The van der Waals surface area contributed by atoms with E-state index in [2.05, 4.69) is 5.32 Å². The maximum Gasteiger partial charge on any atom is 0.417 e. The molecule has 0 saturated carbocycles. The minimum atomic E-state index is -4.90. The molecule has 0 aliphatic heterocycles. The summed E-state index contributed by atoms with van der Waals surface area (Å²) in [6.07, 6.45) is -6.03. The fourth-order valence-electron chi connectivity index (χ4n) is 1.39. The highest BCUT2D eigenvalue weighted by atomic mass is 35.5. The standard InChI is InChI=1S/C12H13ClF3NO3/c1-11(19,12(14,15)16)6-10(18)17-8-5-7(13)3-4-9(8)20-2/h3-5,19H,6H2,1-2H3,(H,17,18)/t11-/m1/s1. The molecule has 0 heterocycles. The van der Waals surface area contributed by atoms with Gasteiger partial charge in [0.25, 0.3) is 0 Å². The van der Waals surface area contributed by atoms with Gasteiger partial charge in [-0.05, 0) is 25.1 Å². The fourth-order valence-corrected chi connectivity index (χ4v) is 1.56. The Bertz CT molecular complexity index is 503. The van der Waals surface area contributed by atoms with Crippen molar-refractivity contribution < 1.29 is 27.8 Å². The number of hydrogen-bond acceptors (Lipinski definition) is 3. The maximum absolute atomic E-state index is 12.5. The van der Waals surface area contributed by atoms with E-state index in [1.807, 2.05) is 0 Å². The number of methoxy groups -OCH3 is 1. The van der Waals surface area contributed by atoms with Crippen molar-refractivity contribution in [2.45, 2.75) is 25.1 Å². The highest BCUT2D eigenvalue weighted by Crippen LogP contribution is 2.33. The first-order chi connectivity index (χ1) is 9.06. The number of alkyl halides is 3. The van der Waals surface area contributed by atoms with Crippen molar-refractivity contribution >= 4 is 23.2 Å². The Kier molecular flexibility index (Phi) is 4.88. The molecule has 0 aliphatic rings. The Morgan fingerprint density at radius 2 is 2.05 bits per heavy atom. The molecule has 1 atom stereocenters. The van der Waals surface area contributed by atoms with Crippen LogP contribution in [0.3, 0.4) is 0 Å². The second-order valence-corrected chi connectivity index (χ2v) is 4.78. The lowest BCUT2D eigenvalue weighted by Crippen LogP contribution is -2.44. The molecule has 2 N–H and O–H groups in total. The molecule has 0 aromatic heterocycles. The average Bonchev–Trinajstić information content (AvgIpc) is 2.26. The van der Waals surface area contributed by atoms with Gasteiger partial charge in [-0.1, -0.05) is 11.6 Å². The molecule has 8 heteroatoms. The van der Waals surface area contributed by atoms with E-state index in [-0.39, 0.29) is 16.5 Å². The molecule has 1 amide bonds. The van der Waals surface area contributed by atoms with Crippen molar-refractivity contribution in [3.8, 4) is 5.75 Å². The van der Waals surface area contributed by atoms with Crippen molar-refractivity contribution in [2.24, 2.45) is 0 Å². The van der Waals surface area contributed by atoms with Crippen molar-refractivity contribution in [3.63, 3.8) is 0 Å². The summed E-state index contributed by atoms with van der Waals surface area (Å²) < 4.78 is 42.3. The summed E-state index contributed by atoms with van der Waals surface area (Å²) in [4.78, 5) is 11.6. The van der Waals surface area contributed by atoms with E-state index in [9.17, 15) is 23.1 Å². The number of carbonyl (C=O) groups excluding carboxylic acids is 1. The van der Waals surface area contributed by atoms with E-state index in [1.165, 1.54) is 25.3 Å². The van der Waals surface area contributed by atoms with Crippen LogP contribution in [0.5, 0.6) is 5.75 Å². The second-order valence-electron chi connectivity index (χ2n) is 4.34. The molecule has 0 saturated heterocycles. The van der Waals surface area contributed by atoms with Crippen LogP contribution in [-0.2, 0) is 4.79 Å². The zero-order valence-electron chi connectivity index (χ0n) is 10.7. The van der Waals surface area contributed by atoms with Gasteiger partial charge in [0.05, 0.1) is 19.2 Å². The number of rotatable bonds is 4. The summed E-state index contributed by atoms with van der Waals surface area (Å²) in [6, 6.07) is 4.29. The van der Waals surface area contributed by atoms with Crippen LogP contribution in [0.4, 0.5) is 18.9 Å². The summed E-state index contributed by atoms with van der Waals surface area (Å²) in [5.74, 6) is -0.762. The van der Waals surface area contributed by atoms with Gasteiger partial charge in [0.1, 0.15) is 5.75 Å². The van der Waals surface area contributed by atoms with Gasteiger partial charge in [-0.25, -0.2) is 0 Å². The number of amides is 1. The molecule has 1 aromatic rings. The molecular weight excluding hydrogens is 299 g/mol. The van der Waals surface area contributed by atoms with Crippen molar-refractivity contribution in [2.75, 3.05) is 12.4 Å². The quantitative estimate of drug-likeness (QED) is 0.898. The lowest BCUT2D eigenvalue weighted by Gasteiger charge is -2.25. The molecule has 1 rings (SSSR count). The molecule has 0 aliphatic carbocycles. The number of halogens is 4. The first kappa shape index (κ1) is 16.6. The van der Waals surface area contributed by atoms with Crippen LogP contribution in [-0.4, -0.2) is 29.9 Å². The van der Waals surface area contributed by atoms with E-state index >= 15 is 0 Å². The van der Waals surface area contributed by atoms with Gasteiger partial charge in [0.2, 0.25) is 5.91 Å². The predicted molar refractivity (Wildman–Crippen MR) is 67.9 cm³/mol. The van der Waals surface area contributed by atoms with Crippen LogP contribution in [0.1, 0.15) is 13.3 Å². The molecule has 0 spiro atoms. The van der Waals surface area contributed by atoms with Gasteiger partial charge in [0, 0.05) is 5.02 Å². The summed E-state index contributed by atoms with van der Waals surface area (Å²) >= 11 is 5.73. The monoisotopic (exact) mass is 311 g/mol. The van der Waals surface area contributed by atoms with Gasteiger partial charge < -0.3 is 15.2 Å². The smallest absolute Gasteiger partial charge is 0.417 e. The van der Waals surface area contributed by atoms with Crippen LogP contribution in [0.15, 0.2) is 18.2 Å². The molecule has 1 aromatic carbocycles. The highest BCUT2D eigenvalue weighted by molar-refractivity contribution is 6.31. The summed E-state index contributed by atoms with van der Waals surface area (Å²) in [5, 5.41) is 11.7. The number of anilines is 1. The van der Waals surface area contributed by atoms with Crippen molar-refractivity contribution in [3.05, 3.63) is 23.2 Å². The molecule has 20 heavy (non-hydrogen) atoms.